The standard InChI is InChI=1S/C22H25ClN4O2/c1-3-13-27(14-20(28)24-19-12-8-5-9-16(19)4-2)15-21-25-26-22(29-21)17-10-6-7-11-18(17)23/h5-12H,3-4,13-15H2,1-2H3,(H,24,28). The first-order chi connectivity index (χ1) is 14.1. The van der Waals surface area contributed by atoms with E-state index in [4.69, 9.17) is 16.0 Å². The maximum atomic E-state index is 12.6. The molecule has 152 valence electrons. The summed E-state index contributed by atoms with van der Waals surface area (Å²) in [6.07, 6.45) is 1.77. The molecule has 0 fully saturated rings. The Labute approximate surface area is 175 Å². The van der Waals surface area contributed by atoms with Crippen LogP contribution in [0.3, 0.4) is 0 Å². The first kappa shape index (κ1) is 21.0. The second kappa shape index (κ2) is 10.2. The van der Waals surface area contributed by atoms with E-state index in [1.54, 1.807) is 6.07 Å². The van der Waals surface area contributed by atoms with Crippen LogP contribution in [0.4, 0.5) is 5.69 Å². The number of aromatic nitrogens is 2. The maximum absolute atomic E-state index is 12.6. The van der Waals surface area contributed by atoms with E-state index in [2.05, 4.69) is 29.4 Å². The highest BCUT2D eigenvalue weighted by Crippen LogP contribution is 2.26. The lowest BCUT2D eigenvalue weighted by molar-refractivity contribution is -0.117. The average Bonchev–Trinajstić information content (AvgIpc) is 3.17. The molecule has 1 amide bonds. The average molecular weight is 413 g/mol. The third-order valence-corrected chi connectivity index (χ3v) is 4.84. The zero-order valence-electron chi connectivity index (χ0n) is 16.7. The van der Waals surface area contributed by atoms with Gasteiger partial charge in [-0.25, -0.2) is 0 Å². The summed E-state index contributed by atoms with van der Waals surface area (Å²) in [5, 5.41) is 11.8. The van der Waals surface area contributed by atoms with Gasteiger partial charge in [0, 0.05) is 5.69 Å². The second-order valence-corrected chi connectivity index (χ2v) is 7.16. The number of halogens is 1. The molecule has 0 saturated carbocycles. The fourth-order valence-corrected chi connectivity index (χ4v) is 3.34. The summed E-state index contributed by atoms with van der Waals surface area (Å²) in [4.78, 5) is 14.6. The molecule has 0 spiro atoms. The van der Waals surface area contributed by atoms with Gasteiger partial charge >= 0.3 is 0 Å². The summed E-state index contributed by atoms with van der Waals surface area (Å²) in [6, 6.07) is 15.2. The number of benzene rings is 2. The van der Waals surface area contributed by atoms with Gasteiger partial charge in [-0.1, -0.05) is 55.8 Å². The molecule has 0 bridgehead atoms. The van der Waals surface area contributed by atoms with E-state index >= 15 is 0 Å². The van der Waals surface area contributed by atoms with E-state index in [-0.39, 0.29) is 12.5 Å². The van der Waals surface area contributed by atoms with Crippen molar-refractivity contribution in [1.82, 2.24) is 15.1 Å². The van der Waals surface area contributed by atoms with Crippen LogP contribution < -0.4 is 5.32 Å². The molecule has 0 unspecified atom stereocenters. The molecular weight excluding hydrogens is 388 g/mol. The molecule has 0 atom stereocenters. The third kappa shape index (κ3) is 5.65. The summed E-state index contributed by atoms with van der Waals surface area (Å²) in [5.41, 5.74) is 2.67. The number of para-hydroxylation sites is 1. The Morgan fingerprint density at radius 2 is 1.86 bits per heavy atom. The van der Waals surface area contributed by atoms with Gasteiger partial charge in [0.1, 0.15) is 0 Å². The van der Waals surface area contributed by atoms with Crippen molar-refractivity contribution in [3.05, 3.63) is 65.0 Å². The number of nitrogens with one attached hydrogen (secondary N) is 1. The van der Waals surface area contributed by atoms with E-state index in [9.17, 15) is 4.79 Å². The molecule has 0 saturated heterocycles. The molecule has 6 nitrogen and oxygen atoms in total. The number of anilines is 1. The lowest BCUT2D eigenvalue weighted by Gasteiger charge is -2.19. The Morgan fingerprint density at radius 3 is 2.62 bits per heavy atom. The number of hydrogen-bond acceptors (Lipinski definition) is 5. The fraction of sp³-hybridized carbons (Fsp3) is 0.318. The van der Waals surface area contributed by atoms with Crippen LogP contribution in [0, 0.1) is 0 Å². The summed E-state index contributed by atoms with van der Waals surface area (Å²) in [6.45, 7) is 5.53. The highest BCUT2D eigenvalue weighted by atomic mass is 35.5. The van der Waals surface area contributed by atoms with Crippen molar-refractivity contribution >= 4 is 23.2 Å². The Hall–Kier alpha value is -2.70. The number of carbonyl (C=O) groups excluding carboxylic acids is 1. The summed E-state index contributed by atoms with van der Waals surface area (Å²) in [7, 11) is 0. The molecule has 1 N–H and O–H groups in total. The van der Waals surface area contributed by atoms with Crippen molar-refractivity contribution in [3.63, 3.8) is 0 Å². The molecule has 0 aliphatic carbocycles. The fourth-order valence-electron chi connectivity index (χ4n) is 3.13. The lowest BCUT2D eigenvalue weighted by atomic mass is 10.1. The number of aryl methyl sites for hydroxylation is 1. The van der Waals surface area contributed by atoms with Crippen molar-refractivity contribution in [2.75, 3.05) is 18.4 Å². The van der Waals surface area contributed by atoms with Gasteiger partial charge in [-0.15, -0.1) is 10.2 Å². The van der Waals surface area contributed by atoms with Crippen LogP contribution in [0.5, 0.6) is 0 Å². The van der Waals surface area contributed by atoms with Crippen LogP contribution in [0.1, 0.15) is 31.7 Å². The van der Waals surface area contributed by atoms with Gasteiger partial charge in [-0.3, -0.25) is 9.69 Å². The van der Waals surface area contributed by atoms with Crippen molar-refractivity contribution < 1.29 is 9.21 Å². The van der Waals surface area contributed by atoms with Gasteiger partial charge in [0.25, 0.3) is 0 Å². The summed E-state index contributed by atoms with van der Waals surface area (Å²) < 4.78 is 5.78. The smallest absolute Gasteiger partial charge is 0.249 e. The van der Waals surface area contributed by atoms with Crippen LogP contribution >= 0.6 is 11.6 Å². The van der Waals surface area contributed by atoms with Crippen LogP contribution in [0.15, 0.2) is 52.9 Å². The molecule has 1 aromatic heterocycles. The molecule has 7 heteroatoms. The molecule has 0 aliphatic heterocycles. The predicted octanol–water partition coefficient (Wildman–Crippen LogP) is 4.80. The second-order valence-electron chi connectivity index (χ2n) is 6.75. The zero-order valence-corrected chi connectivity index (χ0v) is 17.4. The minimum Gasteiger partial charge on any atom is -0.419 e. The molecule has 2 aromatic carbocycles. The van der Waals surface area contributed by atoms with Crippen LogP contribution in [0.25, 0.3) is 11.5 Å². The molecule has 29 heavy (non-hydrogen) atoms. The summed E-state index contributed by atoms with van der Waals surface area (Å²) >= 11 is 6.20. The largest absolute Gasteiger partial charge is 0.419 e. The first-order valence-electron chi connectivity index (χ1n) is 9.78. The summed E-state index contributed by atoms with van der Waals surface area (Å²) in [5.74, 6) is 0.767. The number of nitrogens with zero attached hydrogens (tertiary/aromatic N) is 3. The van der Waals surface area contributed by atoms with Gasteiger partial charge in [-0.05, 0) is 43.1 Å². The molecule has 3 rings (SSSR count). The lowest BCUT2D eigenvalue weighted by Crippen LogP contribution is -2.33. The topological polar surface area (TPSA) is 71.3 Å². The first-order valence-corrected chi connectivity index (χ1v) is 10.2. The number of carbonyl (C=O) groups is 1. The van der Waals surface area contributed by atoms with Gasteiger partial charge < -0.3 is 9.73 Å². The molecule has 1 heterocycles. The normalized spacial score (nSPS) is 11.0. The molecule has 3 aromatic rings. The Balaban J connectivity index is 1.66. The highest BCUT2D eigenvalue weighted by Gasteiger charge is 2.17. The monoisotopic (exact) mass is 412 g/mol. The molecule has 0 radical (unpaired) electrons. The van der Waals surface area contributed by atoms with Gasteiger partial charge in [0.05, 0.1) is 23.7 Å². The highest BCUT2D eigenvalue weighted by molar-refractivity contribution is 6.33. The zero-order chi connectivity index (χ0) is 20.6. The Kier molecular flexibility index (Phi) is 7.38. The molecular formula is C22H25ClN4O2. The number of amides is 1. The Bertz CT molecular complexity index is 957. The van der Waals surface area contributed by atoms with Crippen LogP contribution in [-0.2, 0) is 17.8 Å². The van der Waals surface area contributed by atoms with Crippen molar-refractivity contribution in [2.45, 2.75) is 33.2 Å². The van der Waals surface area contributed by atoms with Gasteiger partial charge in [0.15, 0.2) is 0 Å². The van der Waals surface area contributed by atoms with E-state index < -0.39 is 0 Å². The Morgan fingerprint density at radius 1 is 1.10 bits per heavy atom. The maximum Gasteiger partial charge on any atom is 0.249 e. The minimum absolute atomic E-state index is 0.0646. The van der Waals surface area contributed by atoms with Crippen molar-refractivity contribution in [1.29, 1.82) is 0 Å². The van der Waals surface area contributed by atoms with Gasteiger partial charge in [0.2, 0.25) is 17.7 Å². The van der Waals surface area contributed by atoms with Crippen LogP contribution in [0.2, 0.25) is 5.02 Å². The predicted molar refractivity (Wildman–Crippen MR) is 115 cm³/mol. The van der Waals surface area contributed by atoms with Crippen molar-refractivity contribution in [3.8, 4) is 11.5 Å². The van der Waals surface area contributed by atoms with E-state index in [1.807, 2.05) is 47.4 Å². The number of rotatable bonds is 9. The van der Waals surface area contributed by atoms with Gasteiger partial charge in [-0.2, -0.15) is 0 Å². The quantitative estimate of drug-likeness (QED) is 0.546. The minimum atomic E-state index is -0.0646. The van der Waals surface area contributed by atoms with E-state index in [1.165, 1.54) is 0 Å². The SMILES string of the molecule is CCCN(CC(=O)Nc1ccccc1CC)Cc1nnc(-c2ccccc2Cl)o1. The molecule has 0 aliphatic rings. The van der Waals surface area contributed by atoms with Crippen molar-refractivity contribution in [2.24, 2.45) is 0 Å². The van der Waals surface area contributed by atoms with Crippen LogP contribution in [-0.4, -0.2) is 34.1 Å². The van der Waals surface area contributed by atoms with E-state index in [0.29, 0.717) is 28.9 Å². The van der Waals surface area contributed by atoms with E-state index in [0.717, 1.165) is 30.6 Å². The number of hydrogen-bond donors (Lipinski definition) is 1. The third-order valence-electron chi connectivity index (χ3n) is 4.51.